The van der Waals surface area contributed by atoms with E-state index in [2.05, 4.69) is 38.0 Å². The van der Waals surface area contributed by atoms with Gasteiger partial charge in [0.25, 0.3) is 0 Å². The van der Waals surface area contributed by atoms with Crippen molar-refractivity contribution in [3.63, 3.8) is 0 Å². The fourth-order valence-corrected chi connectivity index (χ4v) is 2.37. The third-order valence-electron chi connectivity index (χ3n) is 3.64. The first-order valence-electron chi connectivity index (χ1n) is 6.90. The highest BCUT2D eigenvalue weighted by atomic mass is 15.1. The number of nitrogens with one attached hydrogen (secondary N) is 1. The molecule has 1 rings (SSSR count). The summed E-state index contributed by atoms with van der Waals surface area (Å²) < 4.78 is 0. The van der Waals surface area contributed by atoms with E-state index in [0.717, 1.165) is 19.1 Å². The van der Waals surface area contributed by atoms with E-state index in [1.54, 1.807) is 0 Å². The van der Waals surface area contributed by atoms with E-state index < -0.39 is 0 Å². The first-order valence-corrected chi connectivity index (χ1v) is 6.90. The molecule has 0 heterocycles. The predicted octanol–water partition coefficient (Wildman–Crippen LogP) is 2.89. The van der Waals surface area contributed by atoms with Crippen LogP contribution in [0.15, 0.2) is 0 Å². The van der Waals surface area contributed by atoms with Crippen LogP contribution in [0.5, 0.6) is 0 Å². The minimum Gasteiger partial charge on any atom is -0.315 e. The molecule has 0 unspecified atom stereocenters. The molecular weight excluding hydrogens is 196 g/mol. The number of hydrogen-bond donors (Lipinski definition) is 1. The van der Waals surface area contributed by atoms with Crippen LogP contribution in [0.25, 0.3) is 0 Å². The average Bonchev–Trinajstić information content (AvgIpc) is 2.67. The Kier molecular flexibility index (Phi) is 5.77. The minimum atomic E-state index is 0.463. The summed E-state index contributed by atoms with van der Waals surface area (Å²) in [7, 11) is 2.28. The molecule has 1 N–H and O–H groups in total. The summed E-state index contributed by atoms with van der Waals surface area (Å²) in [4.78, 5) is 2.54. The van der Waals surface area contributed by atoms with Crippen LogP contribution in [0, 0.1) is 5.41 Å². The Labute approximate surface area is 102 Å². The van der Waals surface area contributed by atoms with Crippen LogP contribution in [0.3, 0.4) is 0 Å². The van der Waals surface area contributed by atoms with Crippen LogP contribution in [0.2, 0.25) is 0 Å². The van der Waals surface area contributed by atoms with Crippen LogP contribution >= 0.6 is 0 Å². The number of nitrogens with zero attached hydrogens (tertiary/aromatic N) is 1. The van der Waals surface area contributed by atoms with E-state index in [1.807, 2.05) is 0 Å². The van der Waals surface area contributed by atoms with Crippen molar-refractivity contribution in [1.29, 1.82) is 0 Å². The molecule has 0 radical (unpaired) electrons. The van der Waals surface area contributed by atoms with Crippen molar-refractivity contribution < 1.29 is 0 Å². The van der Waals surface area contributed by atoms with Crippen molar-refractivity contribution in [2.24, 2.45) is 5.41 Å². The number of rotatable bonds is 6. The Balaban J connectivity index is 1.98. The molecule has 0 amide bonds. The van der Waals surface area contributed by atoms with Crippen molar-refractivity contribution >= 4 is 0 Å². The van der Waals surface area contributed by atoms with Gasteiger partial charge in [-0.15, -0.1) is 0 Å². The molecule has 0 saturated heterocycles. The van der Waals surface area contributed by atoms with Crippen molar-refractivity contribution in [1.82, 2.24) is 10.2 Å². The monoisotopic (exact) mass is 226 g/mol. The van der Waals surface area contributed by atoms with Gasteiger partial charge in [0.05, 0.1) is 0 Å². The lowest BCUT2D eigenvalue weighted by Crippen LogP contribution is -2.36. The average molecular weight is 226 g/mol. The Morgan fingerprint density at radius 1 is 1.12 bits per heavy atom. The van der Waals surface area contributed by atoms with Gasteiger partial charge in [0.2, 0.25) is 0 Å². The molecule has 0 aromatic carbocycles. The van der Waals surface area contributed by atoms with Gasteiger partial charge >= 0.3 is 0 Å². The highest BCUT2D eigenvalue weighted by Gasteiger charge is 2.18. The Morgan fingerprint density at radius 2 is 1.75 bits per heavy atom. The molecule has 0 bridgehead atoms. The fourth-order valence-electron chi connectivity index (χ4n) is 2.37. The molecule has 0 spiro atoms. The quantitative estimate of drug-likeness (QED) is 0.701. The summed E-state index contributed by atoms with van der Waals surface area (Å²) in [5, 5.41) is 3.55. The molecule has 2 nitrogen and oxygen atoms in total. The van der Waals surface area contributed by atoms with E-state index in [0.29, 0.717) is 5.41 Å². The number of hydrogen-bond acceptors (Lipinski definition) is 2. The molecule has 1 saturated carbocycles. The molecule has 0 aromatic rings. The van der Waals surface area contributed by atoms with Crippen molar-refractivity contribution in [2.45, 2.75) is 58.9 Å². The van der Waals surface area contributed by atoms with Crippen LogP contribution in [0.4, 0.5) is 0 Å². The molecule has 0 atom stereocenters. The van der Waals surface area contributed by atoms with Gasteiger partial charge in [0, 0.05) is 19.1 Å². The summed E-state index contributed by atoms with van der Waals surface area (Å²) in [6.45, 7) is 10.4. The first kappa shape index (κ1) is 14.0. The van der Waals surface area contributed by atoms with E-state index in [4.69, 9.17) is 0 Å². The first-order chi connectivity index (χ1) is 7.49. The molecule has 2 heteroatoms. The zero-order valence-corrected chi connectivity index (χ0v) is 11.7. The van der Waals surface area contributed by atoms with Crippen LogP contribution in [-0.2, 0) is 0 Å². The van der Waals surface area contributed by atoms with Crippen LogP contribution in [-0.4, -0.2) is 37.6 Å². The minimum absolute atomic E-state index is 0.463. The van der Waals surface area contributed by atoms with Gasteiger partial charge in [-0.3, -0.25) is 0 Å². The fraction of sp³-hybridized carbons (Fsp3) is 1.00. The van der Waals surface area contributed by atoms with Crippen molar-refractivity contribution in [3.8, 4) is 0 Å². The molecule has 16 heavy (non-hydrogen) atoms. The van der Waals surface area contributed by atoms with Crippen LogP contribution in [0.1, 0.15) is 52.9 Å². The second-order valence-corrected chi connectivity index (χ2v) is 6.48. The lowest BCUT2D eigenvalue weighted by molar-refractivity contribution is 0.243. The van der Waals surface area contributed by atoms with Gasteiger partial charge in [-0.25, -0.2) is 0 Å². The maximum atomic E-state index is 3.55. The summed E-state index contributed by atoms with van der Waals surface area (Å²) in [6.07, 6.45) is 6.97. The van der Waals surface area contributed by atoms with Gasteiger partial charge in [0.15, 0.2) is 0 Å². The third kappa shape index (κ3) is 5.86. The van der Waals surface area contributed by atoms with E-state index in [-0.39, 0.29) is 0 Å². The molecule has 0 aromatic heterocycles. The molecule has 1 aliphatic rings. The summed E-state index contributed by atoms with van der Waals surface area (Å²) >= 11 is 0. The van der Waals surface area contributed by atoms with Crippen molar-refractivity contribution in [3.05, 3.63) is 0 Å². The van der Waals surface area contributed by atoms with Gasteiger partial charge in [-0.05, 0) is 38.3 Å². The Morgan fingerprint density at radius 3 is 2.31 bits per heavy atom. The SMILES string of the molecule is CN(CCNCCC(C)(C)C)C1CCCC1. The highest BCUT2D eigenvalue weighted by molar-refractivity contribution is 4.75. The maximum absolute atomic E-state index is 3.55. The predicted molar refractivity (Wildman–Crippen MR) is 71.8 cm³/mol. The van der Waals surface area contributed by atoms with Gasteiger partial charge in [0.1, 0.15) is 0 Å². The molecule has 0 aliphatic heterocycles. The summed E-state index contributed by atoms with van der Waals surface area (Å²) in [6, 6.07) is 0.865. The molecule has 1 aliphatic carbocycles. The third-order valence-corrected chi connectivity index (χ3v) is 3.64. The lowest BCUT2D eigenvalue weighted by Gasteiger charge is -2.24. The van der Waals surface area contributed by atoms with Gasteiger partial charge in [-0.1, -0.05) is 33.6 Å². The van der Waals surface area contributed by atoms with Gasteiger partial charge < -0.3 is 10.2 Å². The zero-order valence-electron chi connectivity index (χ0n) is 11.7. The van der Waals surface area contributed by atoms with E-state index in [9.17, 15) is 0 Å². The largest absolute Gasteiger partial charge is 0.315 e. The van der Waals surface area contributed by atoms with E-state index >= 15 is 0 Å². The summed E-state index contributed by atoms with van der Waals surface area (Å²) in [5.41, 5.74) is 0.463. The van der Waals surface area contributed by atoms with Crippen molar-refractivity contribution in [2.75, 3.05) is 26.7 Å². The molecular formula is C14H30N2. The summed E-state index contributed by atoms with van der Waals surface area (Å²) in [5.74, 6) is 0. The Hall–Kier alpha value is -0.0800. The zero-order chi connectivity index (χ0) is 12.0. The maximum Gasteiger partial charge on any atom is 0.0107 e. The normalized spacial score (nSPS) is 18.6. The van der Waals surface area contributed by atoms with Crippen LogP contribution < -0.4 is 5.32 Å². The smallest absolute Gasteiger partial charge is 0.0107 e. The Bertz CT molecular complexity index is 178. The van der Waals surface area contributed by atoms with E-state index in [1.165, 1.54) is 38.6 Å². The topological polar surface area (TPSA) is 15.3 Å². The second-order valence-electron chi connectivity index (χ2n) is 6.48. The van der Waals surface area contributed by atoms with Gasteiger partial charge in [-0.2, -0.15) is 0 Å². The molecule has 96 valence electrons. The molecule has 1 fully saturated rings. The second kappa shape index (κ2) is 6.61. The standard InChI is InChI=1S/C14H30N2/c1-14(2,3)9-10-15-11-12-16(4)13-7-5-6-8-13/h13,15H,5-12H2,1-4H3. The lowest BCUT2D eigenvalue weighted by atomic mass is 9.92. The number of likely N-dealkylation sites (N-methyl/N-ethyl adjacent to an activating group) is 1. The highest BCUT2D eigenvalue weighted by Crippen LogP contribution is 2.21.